The van der Waals surface area contributed by atoms with Gasteiger partial charge in [-0.2, -0.15) is 0 Å². The van der Waals surface area contributed by atoms with Gasteiger partial charge < -0.3 is 9.47 Å². The molecule has 2 aromatic carbocycles. The van der Waals surface area contributed by atoms with Crippen molar-refractivity contribution < 1.29 is 14.3 Å². The minimum absolute atomic E-state index is 0.417. The van der Waals surface area contributed by atoms with Gasteiger partial charge in [0.25, 0.3) is 0 Å². The Bertz CT molecular complexity index is 700. The van der Waals surface area contributed by atoms with Crippen LogP contribution >= 0.6 is 15.9 Å². The summed E-state index contributed by atoms with van der Waals surface area (Å²) in [6.07, 6.45) is 3.08. The second-order valence-electron chi connectivity index (χ2n) is 4.86. The number of para-hydroxylation sites is 1. The van der Waals surface area contributed by atoms with Gasteiger partial charge in [0, 0.05) is 16.1 Å². The van der Waals surface area contributed by atoms with Crippen LogP contribution in [0.5, 0.6) is 11.5 Å². The highest BCUT2D eigenvalue weighted by Gasteiger charge is 2.08. The second kappa shape index (κ2) is 7.27. The average Bonchev–Trinajstić information content (AvgIpc) is 2.49. The van der Waals surface area contributed by atoms with Crippen LogP contribution in [-0.2, 0) is 4.79 Å². The molecular weight excluding hydrogens is 344 g/mol. The minimum atomic E-state index is -0.417. The van der Waals surface area contributed by atoms with Crippen LogP contribution in [0.1, 0.15) is 16.7 Å². The maximum absolute atomic E-state index is 12.0. The largest absolute Gasteiger partial charge is 0.496 e. The second-order valence-corrected chi connectivity index (χ2v) is 5.78. The van der Waals surface area contributed by atoms with Gasteiger partial charge in [0.15, 0.2) is 0 Å². The summed E-state index contributed by atoms with van der Waals surface area (Å²) in [5.41, 5.74) is 2.67. The summed E-state index contributed by atoms with van der Waals surface area (Å²) in [6.45, 7) is 3.83. The number of esters is 1. The molecule has 2 rings (SSSR count). The Kier molecular flexibility index (Phi) is 5.39. The lowest BCUT2D eigenvalue weighted by Gasteiger charge is -2.08. The molecule has 0 saturated carbocycles. The van der Waals surface area contributed by atoms with Crippen LogP contribution < -0.4 is 9.47 Å². The molecule has 0 heterocycles. The van der Waals surface area contributed by atoms with E-state index in [0.717, 1.165) is 21.2 Å². The van der Waals surface area contributed by atoms with Crippen molar-refractivity contribution in [2.75, 3.05) is 7.11 Å². The third kappa shape index (κ3) is 3.98. The highest BCUT2D eigenvalue weighted by molar-refractivity contribution is 9.10. The van der Waals surface area contributed by atoms with Crippen LogP contribution in [-0.4, -0.2) is 13.1 Å². The van der Waals surface area contributed by atoms with Crippen molar-refractivity contribution in [2.45, 2.75) is 13.8 Å². The quantitative estimate of drug-likeness (QED) is 0.450. The smallest absolute Gasteiger partial charge is 0.336 e. The van der Waals surface area contributed by atoms with E-state index in [4.69, 9.17) is 9.47 Å². The third-order valence-electron chi connectivity index (χ3n) is 3.20. The number of halogens is 1. The maximum atomic E-state index is 12.0. The molecule has 114 valence electrons. The zero-order chi connectivity index (χ0) is 16.1. The lowest BCUT2D eigenvalue weighted by atomic mass is 10.1. The average molecular weight is 361 g/mol. The Morgan fingerprint density at radius 2 is 1.82 bits per heavy atom. The Labute approximate surface area is 138 Å². The van der Waals surface area contributed by atoms with Crippen molar-refractivity contribution in [1.29, 1.82) is 0 Å². The topological polar surface area (TPSA) is 35.5 Å². The van der Waals surface area contributed by atoms with Gasteiger partial charge in [0.1, 0.15) is 11.5 Å². The Morgan fingerprint density at radius 3 is 2.45 bits per heavy atom. The van der Waals surface area contributed by atoms with E-state index in [0.29, 0.717) is 11.5 Å². The fraction of sp³-hybridized carbons (Fsp3) is 0.167. The summed E-state index contributed by atoms with van der Waals surface area (Å²) in [7, 11) is 1.59. The van der Waals surface area contributed by atoms with Crippen molar-refractivity contribution in [1.82, 2.24) is 0 Å². The molecule has 0 fully saturated rings. The van der Waals surface area contributed by atoms with Gasteiger partial charge in [0.05, 0.1) is 7.11 Å². The number of carbonyl (C=O) groups excluding carboxylic acids is 1. The molecule has 4 heteroatoms. The van der Waals surface area contributed by atoms with Crippen LogP contribution in [0.4, 0.5) is 0 Å². The van der Waals surface area contributed by atoms with E-state index < -0.39 is 5.97 Å². The monoisotopic (exact) mass is 360 g/mol. The van der Waals surface area contributed by atoms with Crippen LogP contribution in [0.25, 0.3) is 6.08 Å². The van der Waals surface area contributed by atoms with E-state index >= 15 is 0 Å². The summed E-state index contributed by atoms with van der Waals surface area (Å²) in [6, 6.07) is 11.4. The Hall–Kier alpha value is -2.07. The standard InChI is InChI=1S/C18H17BrO3/c1-12-5-4-6-13(2)18(12)22-17(20)10-7-14-11-15(19)8-9-16(14)21-3/h4-11H,1-3H3/b10-7+. The van der Waals surface area contributed by atoms with E-state index in [1.807, 2.05) is 50.2 Å². The summed E-state index contributed by atoms with van der Waals surface area (Å²) < 4.78 is 11.6. The molecule has 3 nitrogen and oxygen atoms in total. The van der Waals surface area contributed by atoms with E-state index in [1.54, 1.807) is 13.2 Å². The van der Waals surface area contributed by atoms with Crippen molar-refractivity contribution in [3.8, 4) is 11.5 Å². The number of carbonyl (C=O) groups is 1. The summed E-state index contributed by atoms with van der Waals surface area (Å²) in [5.74, 6) is 0.886. The molecule has 22 heavy (non-hydrogen) atoms. The van der Waals surface area contributed by atoms with Crippen molar-refractivity contribution in [2.24, 2.45) is 0 Å². The molecule has 0 amide bonds. The summed E-state index contributed by atoms with van der Waals surface area (Å²) >= 11 is 3.40. The van der Waals surface area contributed by atoms with E-state index in [1.165, 1.54) is 6.08 Å². The predicted molar refractivity (Wildman–Crippen MR) is 91.3 cm³/mol. The summed E-state index contributed by atoms with van der Waals surface area (Å²) in [5, 5.41) is 0. The molecule has 0 unspecified atom stereocenters. The molecule has 0 atom stereocenters. The van der Waals surface area contributed by atoms with E-state index in [2.05, 4.69) is 15.9 Å². The number of benzene rings is 2. The molecule has 0 saturated heterocycles. The predicted octanol–water partition coefficient (Wildman–Crippen LogP) is 4.69. The molecule has 0 bridgehead atoms. The SMILES string of the molecule is COc1ccc(Br)cc1/C=C/C(=O)Oc1c(C)cccc1C. The lowest BCUT2D eigenvalue weighted by Crippen LogP contribution is -2.06. The van der Waals surface area contributed by atoms with E-state index in [9.17, 15) is 4.79 Å². The van der Waals surface area contributed by atoms with Gasteiger partial charge in [-0.25, -0.2) is 4.79 Å². The number of hydrogen-bond donors (Lipinski definition) is 0. The zero-order valence-corrected chi connectivity index (χ0v) is 14.3. The maximum Gasteiger partial charge on any atom is 0.336 e. The number of methoxy groups -OCH3 is 1. The fourth-order valence-corrected chi connectivity index (χ4v) is 2.47. The number of aryl methyl sites for hydroxylation is 2. The fourth-order valence-electron chi connectivity index (χ4n) is 2.09. The molecule has 0 N–H and O–H groups in total. The summed E-state index contributed by atoms with van der Waals surface area (Å²) in [4.78, 5) is 12.0. The number of hydrogen-bond acceptors (Lipinski definition) is 3. The first kappa shape index (κ1) is 16.3. The molecule has 0 aromatic heterocycles. The van der Waals surface area contributed by atoms with Gasteiger partial charge in [-0.3, -0.25) is 0 Å². The molecule has 0 aliphatic carbocycles. The number of rotatable bonds is 4. The van der Waals surface area contributed by atoms with Gasteiger partial charge >= 0.3 is 5.97 Å². The molecule has 0 radical (unpaired) electrons. The third-order valence-corrected chi connectivity index (χ3v) is 3.70. The Morgan fingerprint density at radius 1 is 1.14 bits per heavy atom. The molecule has 0 spiro atoms. The van der Waals surface area contributed by atoms with E-state index in [-0.39, 0.29) is 0 Å². The highest BCUT2D eigenvalue weighted by Crippen LogP contribution is 2.25. The molecule has 0 aliphatic rings. The first-order valence-electron chi connectivity index (χ1n) is 6.81. The van der Waals surface area contributed by atoms with Crippen LogP contribution in [0, 0.1) is 13.8 Å². The van der Waals surface area contributed by atoms with Crippen molar-refractivity contribution in [3.05, 3.63) is 63.6 Å². The minimum Gasteiger partial charge on any atom is -0.496 e. The van der Waals surface area contributed by atoms with Gasteiger partial charge in [-0.15, -0.1) is 0 Å². The van der Waals surface area contributed by atoms with Gasteiger partial charge in [-0.05, 0) is 49.2 Å². The van der Waals surface area contributed by atoms with Gasteiger partial charge in [0.2, 0.25) is 0 Å². The lowest BCUT2D eigenvalue weighted by molar-refractivity contribution is -0.129. The van der Waals surface area contributed by atoms with Crippen LogP contribution in [0.15, 0.2) is 46.9 Å². The van der Waals surface area contributed by atoms with Crippen LogP contribution in [0.3, 0.4) is 0 Å². The molecule has 2 aromatic rings. The van der Waals surface area contributed by atoms with Crippen molar-refractivity contribution >= 4 is 28.0 Å². The number of ether oxygens (including phenoxy) is 2. The normalized spacial score (nSPS) is 10.7. The first-order valence-corrected chi connectivity index (χ1v) is 7.60. The zero-order valence-electron chi connectivity index (χ0n) is 12.7. The molecular formula is C18H17BrO3. The highest BCUT2D eigenvalue weighted by atomic mass is 79.9. The van der Waals surface area contributed by atoms with Crippen LogP contribution in [0.2, 0.25) is 0 Å². The van der Waals surface area contributed by atoms with Gasteiger partial charge in [-0.1, -0.05) is 34.1 Å². The van der Waals surface area contributed by atoms with Crippen molar-refractivity contribution in [3.63, 3.8) is 0 Å². The first-order chi connectivity index (χ1) is 10.5. The Balaban J connectivity index is 2.17. The molecule has 0 aliphatic heterocycles.